The Balaban J connectivity index is 2.84. The van der Waals surface area contributed by atoms with E-state index >= 15 is 0 Å². The van der Waals surface area contributed by atoms with E-state index in [0.29, 0.717) is 10.8 Å². The summed E-state index contributed by atoms with van der Waals surface area (Å²) in [6.07, 6.45) is -2.78. The summed E-state index contributed by atoms with van der Waals surface area (Å²) in [5.74, 6) is -1.33. The summed E-state index contributed by atoms with van der Waals surface area (Å²) in [6.45, 7) is 0. The molecule has 0 aliphatic rings. The van der Waals surface area contributed by atoms with Crippen molar-refractivity contribution in [3.05, 3.63) is 47.5 Å². The van der Waals surface area contributed by atoms with E-state index < -0.39 is 18.0 Å². The SMILES string of the molecule is O=C(O)c1c(C(F)F)ccc2ccccc12. The lowest BCUT2D eigenvalue weighted by Crippen LogP contribution is -2.03. The molecule has 0 heterocycles. The highest BCUT2D eigenvalue weighted by Crippen LogP contribution is 2.29. The van der Waals surface area contributed by atoms with Gasteiger partial charge in [-0.15, -0.1) is 0 Å². The predicted molar refractivity (Wildman–Crippen MR) is 55.9 cm³/mol. The molecule has 0 radical (unpaired) electrons. The zero-order valence-electron chi connectivity index (χ0n) is 8.15. The van der Waals surface area contributed by atoms with Crippen molar-refractivity contribution in [3.63, 3.8) is 0 Å². The van der Waals surface area contributed by atoms with Crippen molar-refractivity contribution < 1.29 is 18.7 Å². The van der Waals surface area contributed by atoms with Gasteiger partial charge in [0.25, 0.3) is 6.43 Å². The molecule has 2 nitrogen and oxygen atoms in total. The third kappa shape index (κ3) is 1.62. The van der Waals surface area contributed by atoms with Gasteiger partial charge in [0.05, 0.1) is 5.56 Å². The van der Waals surface area contributed by atoms with Crippen molar-refractivity contribution >= 4 is 16.7 Å². The Morgan fingerprint density at radius 1 is 1.12 bits per heavy atom. The summed E-state index contributed by atoms with van der Waals surface area (Å²) in [5, 5.41) is 9.96. The van der Waals surface area contributed by atoms with Gasteiger partial charge < -0.3 is 5.11 Å². The molecule has 0 atom stereocenters. The molecule has 0 saturated heterocycles. The second-order valence-electron chi connectivity index (χ2n) is 3.36. The smallest absolute Gasteiger partial charge is 0.336 e. The van der Waals surface area contributed by atoms with Crippen LogP contribution in [0, 0.1) is 0 Å². The van der Waals surface area contributed by atoms with Gasteiger partial charge in [0, 0.05) is 5.56 Å². The summed E-state index contributed by atoms with van der Waals surface area (Å²) in [4.78, 5) is 11.0. The first-order chi connectivity index (χ1) is 7.61. The number of alkyl halides is 2. The summed E-state index contributed by atoms with van der Waals surface area (Å²) in [6, 6.07) is 9.25. The van der Waals surface area contributed by atoms with Crippen LogP contribution in [-0.4, -0.2) is 11.1 Å². The third-order valence-electron chi connectivity index (χ3n) is 2.41. The number of benzene rings is 2. The van der Waals surface area contributed by atoms with Crippen LogP contribution in [0.15, 0.2) is 36.4 Å². The van der Waals surface area contributed by atoms with Crippen LogP contribution in [0.2, 0.25) is 0 Å². The quantitative estimate of drug-likeness (QED) is 0.844. The minimum Gasteiger partial charge on any atom is -0.478 e. The van der Waals surface area contributed by atoms with E-state index in [0.717, 1.165) is 6.07 Å². The lowest BCUT2D eigenvalue weighted by molar-refractivity contribution is 0.0687. The van der Waals surface area contributed by atoms with Crippen molar-refractivity contribution in [2.24, 2.45) is 0 Å². The molecule has 0 bridgehead atoms. The number of hydrogen-bond acceptors (Lipinski definition) is 1. The maximum absolute atomic E-state index is 12.7. The molecule has 0 aromatic heterocycles. The topological polar surface area (TPSA) is 37.3 Å². The number of carbonyl (C=O) groups is 1. The highest BCUT2D eigenvalue weighted by molar-refractivity contribution is 6.05. The number of aromatic carboxylic acids is 1. The molecular formula is C12H8F2O2. The van der Waals surface area contributed by atoms with Crippen molar-refractivity contribution in [1.29, 1.82) is 0 Å². The molecule has 0 amide bonds. The molecule has 0 fully saturated rings. The highest BCUT2D eigenvalue weighted by atomic mass is 19.3. The fourth-order valence-corrected chi connectivity index (χ4v) is 1.71. The van der Waals surface area contributed by atoms with Gasteiger partial charge >= 0.3 is 5.97 Å². The largest absolute Gasteiger partial charge is 0.478 e. The second kappa shape index (κ2) is 3.89. The van der Waals surface area contributed by atoms with Crippen molar-refractivity contribution in [3.8, 4) is 0 Å². The summed E-state index contributed by atoms with van der Waals surface area (Å²) in [5.41, 5.74) is -0.751. The molecule has 0 unspecified atom stereocenters. The van der Waals surface area contributed by atoms with Crippen LogP contribution in [0.3, 0.4) is 0 Å². The Bertz CT molecular complexity index is 550. The standard InChI is InChI=1S/C12H8F2O2/c13-11(14)9-6-5-7-3-1-2-4-8(7)10(9)12(15)16/h1-6,11H,(H,15,16). The average molecular weight is 222 g/mol. The molecule has 0 aliphatic carbocycles. The molecule has 4 heteroatoms. The summed E-state index contributed by atoms with van der Waals surface area (Å²) >= 11 is 0. The first-order valence-corrected chi connectivity index (χ1v) is 4.64. The Labute approximate surface area is 90.1 Å². The molecular weight excluding hydrogens is 214 g/mol. The summed E-state index contributed by atoms with van der Waals surface area (Å²) in [7, 11) is 0. The van der Waals surface area contributed by atoms with Crippen LogP contribution >= 0.6 is 0 Å². The molecule has 82 valence electrons. The van der Waals surface area contributed by atoms with Gasteiger partial charge in [0.2, 0.25) is 0 Å². The van der Waals surface area contributed by atoms with E-state index in [1.165, 1.54) is 12.1 Å². The summed E-state index contributed by atoms with van der Waals surface area (Å²) < 4.78 is 25.3. The van der Waals surface area contributed by atoms with E-state index in [9.17, 15) is 13.6 Å². The maximum Gasteiger partial charge on any atom is 0.336 e. The lowest BCUT2D eigenvalue weighted by Gasteiger charge is -2.08. The Morgan fingerprint density at radius 3 is 2.44 bits per heavy atom. The van der Waals surface area contributed by atoms with Gasteiger partial charge in [-0.1, -0.05) is 36.4 Å². The Hall–Kier alpha value is -1.97. The minimum absolute atomic E-state index is 0.312. The maximum atomic E-state index is 12.7. The third-order valence-corrected chi connectivity index (χ3v) is 2.41. The van der Waals surface area contributed by atoms with Crippen LogP contribution in [0.25, 0.3) is 10.8 Å². The Kier molecular flexibility index (Phi) is 2.56. The van der Waals surface area contributed by atoms with E-state index in [1.807, 2.05) is 0 Å². The van der Waals surface area contributed by atoms with E-state index in [4.69, 9.17) is 5.11 Å². The number of fused-ring (bicyclic) bond motifs is 1. The van der Waals surface area contributed by atoms with Gasteiger partial charge in [-0.25, -0.2) is 13.6 Å². The fourth-order valence-electron chi connectivity index (χ4n) is 1.71. The molecule has 16 heavy (non-hydrogen) atoms. The molecule has 0 saturated carbocycles. The van der Waals surface area contributed by atoms with Gasteiger partial charge in [-0.3, -0.25) is 0 Å². The van der Waals surface area contributed by atoms with E-state index in [-0.39, 0.29) is 5.56 Å². The number of carboxylic acid groups (broad SMARTS) is 1. The predicted octanol–water partition coefficient (Wildman–Crippen LogP) is 3.48. The first kappa shape index (κ1) is 10.5. The fraction of sp³-hybridized carbons (Fsp3) is 0.0833. The van der Waals surface area contributed by atoms with E-state index in [1.54, 1.807) is 18.2 Å². The molecule has 0 aliphatic heterocycles. The van der Waals surface area contributed by atoms with Crippen molar-refractivity contribution in [2.75, 3.05) is 0 Å². The normalized spacial score (nSPS) is 10.9. The van der Waals surface area contributed by atoms with Gasteiger partial charge in [0.15, 0.2) is 0 Å². The van der Waals surface area contributed by atoms with Crippen molar-refractivity contribution in [2.45, 2.75) is 6.43 Å². The molecule has 2 rings (SSSR count). The first-order valence-electron chi connectivity index (χ1n) is 4.64. The van der Waals surface area contributed by atoms with Crippen LogP contribution in [0.5, 0.6) is 0 Å². The molecule has 0 spiro atoms. The van der Waals surface area contributed by atoms with Gasteiger partial charge in [0.1, 0.15) is 0 Å². The number of rotatable bonds is 2. The van der Waals surface area contributed by atoms with Gasteiger partial charge in [-0.2, -0.15) is 0 Å². The second-order valence-corrected chi connectivity index (χ2v) is 3.36. The Morgan fingerprint density at radius 2 is 1.81 bits per heavy atom. The monoisotopic (exact) mass is 222 g/mol. The van der Waals surface area contributed by atoms with Crippen LogP contribution in [0.1, 0.15) is 22.3 Å². The average Bonchev–Trinajstić information content (AvgIpc) is 2.27. The lowest BCUT2D eigenvalue weighted by atomic mass is 9.99. The number of hydrogen-bond donors (Lipinski definition) is 1. The highest BCUT2D eigenvalue weighted by Gasteiger charge is 2.20. The number of carboxylic acids is 1. The molecule has 2 aromatic rings. The molecule has 2 aromatic carbocycles. The number of halogens is 2. The zero-order chi connectivity index (χ0) is 11.7. The molecule has 1 N–H and O–H groups in total. The van der Waals surface area contributed by atoms with Crippen LogP contribution in [-0.2, 0) is 0 Å². The van der Waals surface area contributed by atoms with E-state index in [2.05, 4.69) is 0 Å². The van der Waals surface area contributed by atoms with Crippen LogP contribution < -0.4 is 0 Å². The van der Waals surface area contributed by atoms with Crippen LogP contribution in [0.4, 0.5) is 8.78 Å². The van der Waals surface area contributed by atoms with Gasteiger partial charge in [-0.05, 0) is 10.8 Å². The van der Waals surface area contributed by atoms with Crippen molar-refractivity contribution in [1.82, 2.24) is 0 Å². The zero-order valence-corrected chi connectivity index (χ0v) is 8.15. The minimum atomic E-state index is -2.78.